The van der Waals surface area contributed by atoms with Gasteiger partial charge in [0, 0.05) is 19.8 Å². The summed E-state index contributed by atoms with van der Waals surface area (Å²) >= 11 is 0. The van der Waals surface area contributed by atoms with E-state index in [0.29, 0.717) is 13.0 Å². The van der Waals surface area contributed by atoms with E-state index in [0.717, 1.165) is 38.7 Å². The average Bonchev–Trinajstić information content (AvgIpc) is 2.87. The molecule has 0 aromatic heterocycles. The Morgan fingerprint density at radius 3 is 2.67 bits per heavy atom. The molecular formula is C14H27NO3. The van der Waals surface area contributed by atoms with E-state index in [-0.39, 0.29) is 24.0 Å². The van der Waals surface area contributed by atoms with Crippen LogP contribution in [0.1, 0.15) is 52.4 Å². The maximum Gasteiger partial charge on any atom is 0.222 e. The summed E-state index contributed by atoms with van der Waals surface area (Å²) in [6.07, 6.45) is 5.35. The zero-order chi connectivity index (χ0) is 13.4. The number of hydrogen-bond donors (Lipinski definition) is 2. The Morgan fingerprint density at radius 2 is 2.17 bits per heavy atom. The number of nitrogens with one attached hydrogen (secondary N) is 1. The number of aliphatic hydroxyl groups is 1. The van der Waals surface area contributed by atoms with Gasteiger partial charge in [-0.3, -0.25) is 4.79 Å². The second-order valence-corrected chi connectivity index (χ2v) is 5.30. The molecular weight excluding hydrogens is 230 g/mol. The molecule has 1 aliphatic rings. The summed E-state index contributed by atoms with van der Waals surface area (Å²) in [4.78, 5) is 11.8. The van der Waals surface area contributed by atoms with Gasteiger partial charge in [-0.2, -0.15) is 0 Å². The molecule has 0 aromatic carbocycles. The first-order valence-electron chi connectivity index (χ1n) is 7.15. The van der Waals surface area contributed by atoms with Crippen molar-refractivity contribution in [2.75, 3.05) is 19.8 Å². The van der Waals surface area contributed by atoms with Crippen LogP contribution in [0.25, 0.3) is 0 Å². The van der Waals surface area contributed by atoms with Crippen molar-refractivity contribution in [3.63, 3.8) is 0 Å². The van der Waals surface area contributed by atoms with Crippen molar-refractivity contribution >= 4 is 5.91 Å². The topological polar surface area (TPSA) is 58.6 Å². The number of aliphatic hydroxyl groups excluding tert-OH is 1. The van der Waals surface area contributed by atoms with E-state index in [1.54, 1.807) is 0 Å². The first kappa shape index (κ1) is 15.4. The van der Waals surface area contributed by atoms with Gasteiger partial charge in [-0.1, -0.05) is 13.8 Å². The Labute approximate surface area is 110 Å². The summed E-state index contributed by atoms with van der Waals surface area (Å²) in [5.41, 5.74) is 0.0426. The summed E-state index contributed by atoms with van der Waals surface area (Å²) in [5.74, 6) is 0.0751. The third-order valence-corrected chi connectivity index (χ3v) is 4.24. The van der Waals surface area contributed by atoms with E-state index in [9.17, 15) is 4.79 Å². The highest BCUT2D eigenvalue weighted by Crippen LogP contribution is 2.29. The molecule has 0 spiro atoms. The SMILES string of the molecule is CCC(CC)(CCO)CNC(=O)CC1CCCO1. The smallest absolute Gasteiger partial charge is 0.222 e. The van der Waals surface area contributed by atoms with Crippen LogP contribution in [0.5, 0.6) is 0 Å². The van der Waals surface area contributed by atoms with Crippen molar-refractivity contribution in [3.8, 4) is 0 Å². The van der Waals surface area contributed by atoms with Crippen molar-refractivity contribution in [1.29, 1.82) is 0 Å². The second kappa shape index (κ2) is 7.74. The van der Waals surface area contributed by atoms with Crippen molar-refractivity contribution in [3.05, 3.63) is 0 Å². The Kier molecular flexibility index (Phi) is 6.65. The normalized spacial score (nSPS) is 20.1. The summed E-state index contributed by atoms with van der Waals surface area (Å²) in [6, 6.07) is 0. The van der Waals surface area contributed by atoms with Crippen LogP contribution in [0.4, 0.5) is 0 Å². The lowest BCUT2D eigenvalue weighted by Crippen LogP contribution is -2.38. The van der Waals surface area contributed by atoms with Gasteiger partial charge in [0.15, 0.2) is 0 Å². The molecule has 1 heterocycles. The number of rotatable bonds is 8. The van der Waals surface area contributed by atoms with Gasteiger partial charge in [-0.15, -0.1) is 0 Å². The van der Waals surface area contributed by atoms with Gasteiger partial charge >= 0.3 is 0 Å². The molecule has 4 heteroatoms. The van der Waals surface area contributed by atoms with E-state index >= 15 is 0 Å². The minimum Gasteiger partial charge on any atom is -0.396 e. The van der Waals surface area contributed by atoms with Crippen LogP contribution in [0, 0.1) is 5.41 Å². The van der Waals surface area contributed by atoms with E-state index in [1.807, 2.05) is 0 Å². The summed E-state index contributed by atoms with van der Waals surface area (Å²) in [6.45, 7) is 5.86. The molecule has 0 aromatic rings. The maximum absolute atomic E-state index is 11.8. The van der Waals surface area contributed by atoms with Crippen LogP contribution >= 0.6 is 0 Å². The molecule has 1 atom stereocenters. The molecule has 106 valence electrons. The van der Waals surface area contributed by atoms with E-state index in [2.05, 4.69) is 19.2 Å². The van der Waals surface area contributed by atoms with Gasteiger partial charge in [-0.25, -0.2) is 0 Å². The molecule has 0 saturated carbocycles. The van der Waals surface area contributed by atoms with Crippen LogP contribution in [0.15, 0.2) is 0 Å². The largest absolute Gasteiger partial charge is 0.396 e. The fourth-order valence-corrected chi connectivity index (χ4v) is 2.55. The Hall–Kier alpha value is -0.610. The zero-order valence-corrected chi connectivity index (χ0v) is 11.7. The molecule has 0 bridgehead atoms. The predicted molar refractivity (Wildman–Crippen MR) is 71.3 cm³/mol. The molecule has 1 amide bonds. The van der Waals surface area contributed by atoms with E-state index in [1.165, 1.54) is 0 Å². The summed E-state index contributed by atoms with van der Waals surface area (Å²) in [5, 5.41) is 12.1. The van der Waals surface area contributed by atoms with Gasteiger partial charge in [0.05, 0.1) is 12.5 Å². The zero-order valence-electron chi connectivity index (χ0n) is 11.7. The van der Waals surface area contributed by atoms with Crippen LogP contribution in [0.2, 0.25) is 0 Å². The first-order chi connectivity index (χ1) is 8.65. The number of carbonyl (C=O) groups excluding carboxylic acids is 1. The third-order valence-electron chi connectivity index (χ3n) is 4.24. The quantitative estimate of drug-likeness (QED) is 0.698. The first-order valence-corrected chi connectivity index (χ1v) is 7.15. The van der Waals surface area contributed by atoms with Crippen molar-refractivity contribution in [1.82, 2.24) is 5.32 Å². The Morgan fingerprint density at radius 1 is 1.44 bits per heavy atom. The highest BCUT2D eigenvalue weighted by Gasteiger charge is 2.27. The highest BCUT2D eigenvalue weighted by molar-refractivity contribution is 5.76. The van der Waals surface area contributed by atoms with Crippen molar-refractivity contribution in [2.24, 2.45) is 5.41 Å². The molecule has 4 nitrogen and oxygen atoms in total. The van der Waals surface area contributed by atoms with Crippen LogP contribution in [-0.4, -0.2) is 36.9 Å². The molecule has 0 radical (unpaired) electrons. The molecule has 1 aliphatic heterocycles. The average molecular weight is 257 g/mol. The van der Waals surface area contributed by atoms with Crippen LogP contribution < -0.4 is 5.32 Å². The molecule has 1 saturated heterocycles. The van der Waals surface area contributed by atoms with E-state index < -0.39 is 0 Å². The fourth-order valence-electron chi connectivity index (χ4n) is 2.55. The van der Waals surface area contributed by atoms with E-state index in [4.69, 9.17) is 9.84 Å². The summed E-state index contributed by atoms with van der Waals surface area (Å²) in [7, 11) is 0. The lowest BCUT2D eigenvalue weighted by Gasteiger charge is -2.31. The number of amides is 1. The van der Waals surface area contributed by atoms with Crippen LogP contribution in [0.3, 0.4) is 0 Å². The molecule has 1 rings (SSSR count). The summed E-state index contributed by atoms with van der Waals surface area (Å²) < 4.78 is 5.45. The second-order valence-electron chi connectivity index (χ2n) is 5.30. The minimum absolute atomic E-state index is 0.0426. The number of ether oxygens (including phenoxy) is 1. The number of hydrogen-bond acceptors (Lipinski definition) is 3. The Bertz CT molecular complexity index is 245. The maximum atomic E-state index is 11.8. The van der Waals surface area contributed by atoms with Crippen molar-refractivity contribution < 1.29 is 14.6 Å². The fraction of sp³-hybridized carbons (Fsp3) is 0.929. The highest BCUT2D eigenvalue weighted by atomic mass is 16.5. The van der Waals surface area contributed by atoms with Gasteiger partial charge in [0.1, 0.15) is 0 Å². The molecule has 0 aliphatic carbocycles. The van der Waals surface area contributed by atoms with Crippen molar-refractivity contribution in [2.45, 2.75) is 58.5 Å². The Balaban J connectivity index is 2.33. The minimum atomic E-state index is 0.0426. The van der Waals surface area contributed by atoms with Gasteiger partial charge < -0.3 is 15.2 Å². The lowest BCUT2D eigenvalue weighted by molar-refractivity contribution is -0.123. The lowest BCUT2D eigenvalue weighted by atomic mass is 9.79. The molecule has 18 heavy (non-hydrogen) atoms. The van der Waals surface area contributed by atoms with Gasteiger partial charge in [0.25, 0.3) is 0 Å². The monoisotopic (exact) mass is 257 g/mol. The number of carbonyl (C=O) groups is 1. The molecule has 2 N–H and O–H groups in total. The standard InChI is InChI=1S/C14H27NO3/c1-3-14(4-2,7-8-16)11-15-13(17)10-12-6-5-9-18-12/h12,16H,3-11H2,1-2H3,(H,15,17). The predicted octanol–water partition coefficient (Wildman–Crippen LogP) is 1.86. The van der Waals surface area contributed by atoms with Crippen LogP contribution in [-0.2, 0) is 9.53 Å². The molecule has 1 fully saturated rings. The van der Waals surface area contributed by atoms with Gasteiger partial charge in [-0.05, 0) is 37.5 Å². The van der Waals surface area contributed by atoms with Gasteiger partial charge in [0.2, 0.25) is 5.91 Å². The molecule has 1 unspecified atom stereocenters. The third kappa shape index (κ3) is 4.58.